The summed E-state index contributed by atoms with van der Waals surface area (Å²) in [5.74, 6) is -1.17. The second-order valence-corrected chi connectivity index (χ2v) is 5.54. The molecule has 2 atom stereocenters. The molecule has 0 bridgehead atoms. The number of amides is 1. The third-order valence-corrected chi connectivity index (χ3v) is 3.26. The number of carboxylic acid groups (broad SMARTS) is 1. The van der Waals surface area contributed by atoms with Crippen LogP contribution < -0.4 is 5.32 Å². The van der Waals surface area contributed by atoms with Gasteiger partial charge >= 0.3 is 5.97 Å². The number of allylic oxidation sites excluding steroid dienone is 1. The van der Waals surface area contributed by atoms with Crippen LogP contribution in [0.25, 0.3) is 0 Å². The van der Waals surface area contributed by atoms with Crippen molar-refractivity contribution < 1.29 is 14.7 Å². The summed E-state index contributed by atoms with van der Waals surface area (Å²) in [7, 11) is 0. The fraction of sp³-hybridized carbons (Fsp3) is 0.412. The molecule has 114 valence electrons. The van der Waals surface area contributed by atoms with Crippen LogP contribution >= 0.6 is 0 Å². The van der Waals surface area contributed by atoms with Crippen LogP contribution in [-0.2, 0) is 9.59 Å². The number of hydrogen-bond donors (Lipinski definition) is 2. The molecule has 1 aromatic rings. The molecule has 4 nitrogen and oxygen atoms in total. The van der Waals surface area contributed by atoms with Gasteiger partial charge in [0.15, 0.2) is 0 Å². The third kappa shape index (κ3) is 5.81. The Morgan fingerprint density at radius 2 is 1.90 bits per heavy atom. The van der Waals surface area contributed by atoms with Gasteiger partial charge in [-0.05, 0) is 17.9 Å². The van der Waals surface area contributed by atoms with Crippen molar-refractivity contribution in [3.63, 3.8) is 0 Å². The number of nitrogens with one attached hydrogen (secondary N) is 1. The number of rotatable bonds is 8. The minimum absolute atomic E-state index is 0.111. The summed E-state index contributed by atoms with van der Waals surface area (Å²) >= 11 is 0. The van der Waals surface area contributed by atoms with E-state index in [0.29, 0.717) is 6.42 Å². The van der Waals surface area contributed by atoms with Gasteiger partial charge in [-0.25, -0.2) is 4.79 Å². The van der Waals surface area contributed by atoms with Crippen LogP contribution in [0.3, 0.4) is 0 Å². The first-order chi connectivity index (χ1) is 9.93. The highest BCUT2D eigenvalue weighted by atomic mass is 16.4. The molecule has 0 spiro atoms. The molecule has 0 saturated carbocycles. The fourth-order valence-electron chi connectivity index (χ4n) is 2.18. The second-order valence-electron chi connectivity index (χ2n) is 5.54. The van der Waals surface area contributed by atoms with Crippen LogP contribution in [0.5, 0.6) is 0 Å². The molecule has 0 aliphatic heterocycles. The average Bonchev–Trinajstić information content (AvgIpc) is 2.44. The van der Waals surface area contributed by atoms with Crippen LogP contribution in [0, 0.1) is 5.92 Å². The normalized spacial score (nSPS) is 13.5. The zero-order valence-corrected chi connectivity index (χ0v) is 12.6. The molecule has 0 aliphatic carbocycles. The maximum Gasteiger partial charge on any atom is 0.326 e. The van der Waals surface area contributed by atoms with E-state index in [0.717, 1.165) is 5.56 Å². The standard InChI is InChI=1S/C17H23NO3/c1-4-13(14-8-6-5-7-9-14)11-16(19)18-15(17(20)21)10-12(2)3/h4-9,12-13,15H,1,10-11H2,2-3H3,(H,18,19)(H,20,21). The molecule has 0 aliphatic rings. The Hall–Kier alpha value is -2.10. The first-order valence-electron chi connectivity index (χ1n) is 7.13. The lowest BCUT2D eigenvalue weighted by molar-refractivity contribution is -0.142. The van der Waals surface area contributed by atoms with Gasteiger partial charge in [-0.1, -0.05) is 50.3 Å². The molecule has 4 heteroatoms. The second kappa shape index (κ2) is 8.25. The fourth-order valence-corrected chi connectivity index (χ4v) is 2.18. The van der Waals surface area contributed by atoms with Gasteiger partial charge in [-0.3, -0.25) is 4.79 Å². The highest BCUT2D eigenvalue weighted by molar-refractivity contribution is 5.84. The highest BCUT2D eigenvalue weighted by Crippen LogP contribution is 2.20. The van der Waals surface area contributed by atoms with Crippen LogP contribution in [0.4, 0.5) is 0 Å². The smallest absolute Gasteiger partial charge is 0.326 e. The average molecular weight is 289 g/mol. The van der Waals surface area contributed by atoms with E-state index in [2.05, 4.69) is 11.9 Å². The van der Waals surface area contributed by atoms with Gasteiger partial charge in [0.25, 0.3) is 0 Å². The minimum atomic E-state index is -0.994. The highest BCUT2D eigenvalue weighted by Gasteiger charge is 2.22. The number of carboxylic acids is 1. The zero-order valence-electron chi connectivity index (χ0n) is 12.6. The van der Waals surface area contributed by atoms with Gasteiger partial charge in [0, 0.05) is 12.3 Å². The minimum Gasteiger partial charge on any atom is -0.480 e. The molecule has 1 amide bonds. The molecule has 0 radical (unpaired) electrons. The van der Waals surface area contributed by atoms with Crippen molar-refractivity contribution in [1.82, 2.24) is 5.32 Å². The molecule has 2 unspecified atom stereocenters. The molecular formula is C17H23NO3. The Bertz CT molecular complexity index is 482. The number of benzene rings is 1. The van der Waals surface area contributed by atoms with Crippen molar-refractivity contribution in [3.05, 3.63) is 48.6 Å². The maximum absolute atomic E-state index is 12.1. The van der Waals surface area contributed by atoms with Gasteiger partial charge < -0.3 is 10.4 Å². The van der Waals surface area contributed by atoms with E-state index in [1.807, 2.05) is 44.2 Å². The van der Waals surface area contributed by atoms with Crippen molar-refractivity contribution in [3.8, 4) is 0 Å². The first kappa shape index (κ1) is 17.0. The van der Waals surface area contributed by atoms with E-state index in [1.165, 1.54) is 0 Å². The van der Waals surface area contributed by atoms with E-state index in [-0.39, 0.29) is 24.2 Å². The maximum atomic E-state index is 12.1. The lowest BCUT2D eigenvalue weighted by Crippen LogP contribution is -2.42. The molecule has 0 aromatic heterocycles. The molecule has 0 saturated heterocycles. The van der Waals surface area contributed by atoms with Crippen LogP contribution in [0.1, 0.15) is 38.2 Å². The summed E-state index contributed by atoms with van der Waals surface area (Å²) in [4.78, 5) is 23.2. The predicted octanol–water partition coefficient (Wildman–Crippen LogP) is 2.96. The Morgan fingerprint density at radius 3 is 2.38 bits per heavy atom. The van der Waals surface area contributed by atoms with Gasteiger partial charge in [0.05, 0.1) is 0 Å². The molecule has 0 heterocycles. The van der Waals surface area contributed by atoms with E-state index in [4.69, 9.17) is 5.11 Å². The third-order valence-electron chi connectivity index (χ3n) is 3.26. The molecular weight excluding hydrogens is 266 g/mol. The molecule has 1 aromatic carbocycles. The van der Waals surface area contributed by atoms with Gasteiger partial charge in [-0.2, -0.15) is 0 Å². The van der Waals surface area contributed by atoms with Gasteiger partial charge in [0.1, 0.15) is 6.04 Å². The summed E-state index contributed by atoms with van der Waals surface area (Å²) in [5.41, 5.74) is 0.999. The number of carbonyl (C=O) groups excluding carboxylic acids is 1. The van der Waals surface area contributed by atoms with E-state index in [1.54, 1.807) is 6.08 Å². The van der Waals surface area contributed by atoms with Gasteiger partial charge in [-0.15, -0.1) is 6.58 Å². The first-order valence-corrected chi connectivity index (χ1v) is 7.13. The molecule has 1 rings (SSSR count). The van der Waals surface area contributed by atoms with Crippen molar-refractivity contribution in [2.24, 2.45) is 5.92 Å². The van der Waals surface area contributed by atoms with Crippen LogP contribution in [0.2, 0.25) is 0 Å². The summed E-state index contributed by atoms with van der Waals surface area (Å²) in [6.07, 6.45) is 2.34. The van der Waals surface area contributed by atoms with Crippen molar-refractivity contribution >= 4 is 11.9 Å². The number of carbonyl (C=O) groups is 2. The summed E-state index contributed by atoms with van der Waals surface area (Å²) in [6.45, 7) is 7.62. The summed E-state index contributed by atoms with van der Waals surface area (Å²) in [6, 6.07) is 8.75. The lowest BCUT2D eigenvalue weighted by atomic mass is 9.95. The van der Waals surface area contributed by atoms with Crippen LogP contribution in [0.15, 0.2) is 43.0 Å². The van der Waals surface area contributed by atoms with Crippen molar-refractivity contribution in [2.45, 2.75) is 38.6 Å². The Kier molecular flexibility index (Phi) is 6.66. The van der Waals surface area contributed by atoms with Gasteiger partial charge in [0.2, 0.25) is 5.91 Å². The molecule has 2 N–H and O–H groups in total. The van der Waals surface area contributed by atoms with Crippen molar-refractivity contribution in [2.75, 3.05) is 0 Å². The monoisotopic (exact) mass is 289 g/mol. The Balaban J connectivity index is 2.66. The number of aliphatic carboxylic acids is 1. The van der Waals surface area contributed by atoms with E-state index < -0.39 is 12.0 Å². The summed E-state index contributed by atoms with van der Waals surface area (Å²) < 4.78 is 0. The van der Waals surface area contributed by atoms with Crippen molar-refractivity contribution in [1.29, 1.82) is 0 Å². The SMILES string of the molecule is C=CC(CC(=O)NC(CC(C)C)C(=O)O)c1ccccc1. The topological polar surface area (TPSA) is 66.4 Å². The largest absolute Gasteiger partial charge is 0.480 e. The van der Waals surface area contributed by atoms with E-state index in [9.17, 15) is 9.59 Å². The quantitative estimate of drug-likeness (QED) is 0.723. The zero-order chi connectivity index (χ0) is 15.8. The molecule has 21 heavy (non-hydrogen) atoms. The Labute approximate surface area is 125 Å². The number of hydrogen-bond acceptors (Lipinski definition) is 2. The lowest BCUT2D eigenvalue weighted by Gasteiger charge is -2.18. The summed E-state index contributed by atoms with van der Waals surface area (Å²) in [5, 5.41) is 11.7. The Morgan fingerprint density at radius 1 is 1.29 bits per heavy atom. The molecule has 0 fully saturated rings. The predicted molar refractivity (Wildman–Crippen MR) is 83.0 cm³/mol. The van der Waals surface area contributed by atoms with E-state index >= 15 is 0 Å². The van der Waals surface area contributed by atoms with Crippen LogP contribution in [-0.4, -0.2) is 23.0 Å².